The first-order valence-electron chi connectivity index (χ1n) is 16.2. The second-order valence-electron chi connectivity index (χ2n) is 11.9. The molecule has 41 heavy (non-hydrogen) atoms. The highest BCUT2D eigenvalue weighted by Gasteiger charge is 2.16. The van der Waals surface area contributed by atoms with Crippen LogP contribution in [0, 0.1) is 5.92 Å². The van der Waals surface area contributed by atoms with Gasteiger partial charge in [0, 0.05) is 52.5 Å². The fraction of sp³-hybridized carbons (Fsp3) is 0.788. The van der Waals surface area contributed by atoms with Crippen LogP contribution in [0.5, 0.6) is 0 Å². The molecule has 1 heterocycles. The Bertz CT molecular complexity index is 803. The lowest BCUT2D eigenvalue weighted by Gasteiger charge is -2.34. The first-order chi connectivity index (χ1) is 19.7. The number of hydrogen-bond acceptors (Lipinski definition) is 7. The molecular formula is C33H60N4O4. The van der Waals surface area contributed by atoms with Gasteiger partial charge in [-0.3, -0.25) is 14.4 Å². The Labute approximate surface area is 250 Å². The molecule has 1 aliphatic rings. The van der Waals surface area contributed by atoms with E-state index >= 15 is 0 Å². The highest BCUT2D eigenvalue weighted by Crippen LogP contribution is 2.15. The lowest BCUT2D eigenvalue weighted by molar-refractivity contribution is -0.140. The number of hydrogen-bond donors (Lipinski definition) is 2. The lowest BCUT2D eigenvalue weighted by Crippen LogP contribution is -2.46. The average molecular weight is 577 g/mol. The van der Waals surface area contributed by atoms with Crippen molar-refractivity contribution >= 4 is 17.7 Å². The molecule has 2 N–H and O–H groups in total. The largest absolute Gasteiger partial charge is 0.431 e. The zero-order valence-corrected chi connectivity index (χ0v) is 26.9. The Morgan fingerprint density at radius 1 is 0.829 bits per heavy atom. The molecule has 1 unspecified atom stereocenters. The molecule has 1 amide bonds. The van der Waals surface area contributed by atoms with Crippen LogP contribution in [-0.2, 0) is 19.1 Å². The molecule has 1 aliphatic heterocycles. The molecule has 0 spiro atoms. The second kappa shape index (κ2) is 23.5. The van der Waals surface area contributed by atoms with E-state index in [2.05, 4.69) is 34.3 Å². The summed E-state index contributed by atoms with van der Waals surface area (Å²) < 4.78 is 5.43. The molecule has 236 valence electrons. The number of amides is 1. The normalized spacial score (nSPS) is 16.0. The number of carbonyl (C=O) groups is 3. The van der Waals surface area contributed by atoms with E-state index < -0.39 is 0 Å². The van der Waals surface area contributed by atoms with Gasteiger partial charge in [0.2, 0.25) is 5.91 Å². The number of unbranched alkanes of at least 4 members (excludes halogenated alkanes) is 5. The van der Waals surface area contributed by atoms with Crippen molar-refractivity contribution in [3.05, 3.63) is 23.5 Å². The third-order valence-corrected chi connectivity index (χ3v) is 7.56. The Morgan fingerprint density at radius 3 is 2.10 bits per heavy atom. The number of Topliss-reactive ketones (excluding diaryl/α,β-unsaturated/α-hetero) is 1. The van der Waals surface area contributed by atoms with Gasteiger partial charge < -0.3 is 25.2 Å². The van der Waals surface area contributed by atoms with Gasteiger partial charge in [0.1, 0.15) is 5.76 Å². The predicted molar refractivity (Wildman–Crippen MR) is 169 cm³/mol. The minimum absolute atomic E-state index is 0.0584. The summed E-state index contributed by atoms with van der Waals surface area (Å²) in [5.41, 5.74) is 0.962. The second-order valence-corrected chi connectivity index (χ2v) is 11.9. The van der Waals surface area contributed by atoms with E-state index in [0.717, 1.165) is 90.0 Å². The number of esters is 1. The van der Waals surface area contributed by atoms with Crippen LogP contribution in [0.2, 0.25) is 0 Å². The lowest BCUT2D eigenvalue weighted by atomic mass is 10.0. The van der Waals surface area contributed by atoms with Crippen molar-refractivity contribution in [3.63, 3.8) is 0 Å². The Kier molecular flexibility index (Phi) is 21.2. The number of rotatable bonds is 23. The highest BCUT2D eigenvalue weighted by atomic mass is 16.5. The van der Waals surface area contributed by atoms with E-state index in [0.29, 0.717) is 31.1 Å². The van der Waals surface area contributed by atoms with Gasteiger partial charge in [-0.15, -0.1) is 0 Å². The van der Waals surface area contributed by atoms with Crippen LogP contribution in [0.3, 0.4) is 0 Å². The molecule has 1 fully saturated rings. The van der Waals surface area contributed by atoms with E-state index in [1.54, 1.807) is 19.9 Å². The van der Waals surface area contributed by atoms with Gasteiger partial charge in [-0.25, -0.2) is 0 Å². The Balaban J connectivity index is 2.07. The van der Waals surface area contributed by atoms with Crippen molar-refractivity contribution in [2.24, 2.45) is 5.92 Å². The van der Waals surface area contributed by atoms with Gasteiger partial charge in [-0.05, 0) is 71.2 Å². The number of ketones is 1. The van der Waals surface area contributed by atoms with E-state index in [9.17, 15) is 14.4 Å². The van der Waals surface area contributed by atoms with Gasteiger partial charge in [0.05, 0.1) is 6.54 Å². The maximum Gasteiger partial charge on any atom is 0.311 e. The Hall–Kier alpha value is -2.03. The first kappa shape index (κ1) is 37.0. The summed E-state index contributed by atoms with van der Waals surface area (Å²) in [7, 11) is 0. The number of nitrogens with one attached hydrogen (secondary N) is 2. The summed E-state index contributed by atoms with van der Waals surface area (Å²) in [6, 6.07) is 0. The van der Waals surface area contributed by atoms with Crippen molar-refractivity contribution in [2.75, 3.05) is 58.9 Å². The number of nitrogens with zero attached hydrogens (tertiary/aromatic N) is 2. The van der Waals surface area contributed by atoms with Crippen molar-refractivity contribution in [1.82, 2.24) is 20.4 Å². The molecule has 0 radical (unpaired) electrons. The van der Waals surface area contributed by atoms with E-state index in [1.807, 2.05) is 13.0 Å². The molecule has 0 aromatic carbocycles. The minimum Gasteiger partial charge on any atom is -0.431 e. The SMILES string of the molecule is CCCCCC(C)CC(=O)O/C(C)=C/C=C(\C)CC(=O)CNCCCCN1CCN(CCCCCNC(C)=O)CC1. The summed E-state index contributed by atoms with van der Waals surface area (Å²) in [6.07, 6.45) is 14.8. The van der Waals surface area contributed by atoms with Crippen LogP contribution in [0.4, 0.5) is 0 Å². The van der Waals surface area contributed by atoms with Gasteiger partial charge in [0.25, 0.3) is 0 Å². The molecule has 8 heteroatoms. The van der Waals surface area contributed by atoms with Gasteiger partial charge in [0.15, 0.2) is 5.78 Å². The van der Waals surface area contributed by atoms with Gasteiger partial charge in [-0.2, -0.15) is 0 Å². The van der Waals surface area contributed by atoms with Crippen LogP contribution in [0.15, 0.2) is 23.5 Å². The van der Waals surface area contributed by atoms with Crippen LogP contribution in [0.25, 0.3) is 0 Å². The first-order valence-corrected chi connectivity index (χ1v) is 16.2. The van der Waals surface area contributed by atoms with E-state index in [-0.39, 0.29) is 17.7 Å². The molecule has 8 nitrogen and oxygen atoms in total. The van der Waals surface area contributed by atoms with Crippen molar-refractivity contribution in [1.29, 1.82) is 0 Å². The Morgan fingerprint density at radius 2 is 1.46 bits per heavy atom. The van der Waals surface area contributed by atoms with Crippen molar-refractivity contribution in [3.8, 4) is 0 Å². The van der Waals surface area contributed by atoms with Gasteiger partial charge in [-0.1, -0.05) is 57.6 Å². The van der Waals surface area contributed by atoms with Crippen molar-refractivity contribution in [2.45, 2.75) is 105 Å². The van der Waals surface area contributed by atoms with E-state index in [1.165, 1.54) is 25.7 Å². The summed E-state index contributed by atoms with van der Waals surface area (Å²) >= 11 is 0. The minimum atomic E-state index is -0.181. The fourth-order valence-corrected chi connectivity index (χ4v) is 5.03. The monoisotopic (exact) mass is 576 g/mol. The third kappa shape index (κ3) is 21.3. The average Bonchev–Trinajstić information content (AvgIpc) is 2.92. The molecular weight excluding hydrogens is 516 g/mol. The van der Waals surface area contributed by atoms with Crippen LogP contribution < -0.4 is 10.6 Å². The summed E-state index contributed by atoms with van der Waals surface area (Å²) in [4.78, 5) is 40.5. The van der Waals surface area contributed by atoms with Crippen molar-refractivity contribution < 1.29 is 19.1 Å². The maximum atomic E-state index is 12.3. The predicted octanol–water partition coefficient (Wildman–Crippen LogP) is 5.24. The maximum absolute atomic E-state index is 12.3. The molecule has 1 atom stereocenters. The zero-order valence-electron chi connectivity index (χ0n) is 26.9. The number of piperazine rings is 1. The molecule has 0 aliphatic carbocycles. The quantitative estimate of drug-likeness (QED) is 0.0744. The number of allylic oxidation sites excluding steroid dienone is 4. The topological polar surface area (TPSA) is 91.0 Å². The molecule has 0 aromatic heterocycles. The molecule has 0 aromatic rings. The van der Waals surface area contributed by atoms with Gasteiger partial charge >= 0.3 is 5.97 Å². The molecule has 1 rings (SSSR count). The fourth-order valence-electron chi connectivity index (χ4n) is 5.03. The highest BCUT2D eigenvalue weighted by molar-refractivity contribution is 5.82. The molecule has 0 bridgehead atoms. The zero-order chi connectivity index (χ0) is 30.3. The number of ether oxygens (including phenoxy) is 1. The van der Waals surface area contributed by atoms with Crippen LogP contribution >= 0.6 is 0 Å². The third-order valence-electron chi connectivity index (χ3n) is 7.56. The van der Waals surface area contributed by atoms with Crippen LogP contribution in [-0.4, -0.2) is 86.4 Å². The summed E-state index contributed by atoms with van der Waals surface area (Å²) in [6.45, 7) is 18.4. The smallest absolute Gasteiger partial charge is 0.311 e. The molecule has 0 saturated carbocycles. The summed E-state index contributed by atoms with van der Waals surface area (Å²) in [5, 5.41) is 6.15. The van der Waals surface area contributed by atoms with E-state index in [4.69, 9.17) is 4.74 Å². The van der Waals surface area contributed by atoms with Crippen LogP contribution in [0.1, 0.15) is 105 Å². The number of carbonyl (C=O) groups excluding carboxylic acids is 3. The standard InChI is InChI=1S/C33H60N4O4/c1-6-7-9-14-28(2)26-33(40)41-30(4)16-15-29(3)25-32(39)27-34-17-11-13-20-37-23-21-36(22-24-37)19-12-8-10-18-35-31(5)38/h15-16,28,34H,6-14,17-27H2,1-5H3,(H,35,38)/b29-15+,30-16+. The molecule has 1 saturated heterocycles. The summed E-state index contributed by atoms with van der Waals surface area (Å²) in [5.74, 6) is 0.961.